The molecule has 23 heavy (non-hydrogen) atoms. The van der Waals surface area contributed by atoms with Crippen molar-refractivity contribution >= 4 is 11.6 Å². The fraction of sp³-hybridized carbons (Fsp3) is 0.895. The summed E-state index contributed by atoms with van der Waals surface area (Å²) in [6.07, 6.45) is 3.20. The van der Waals surface area contributed by atoms with Crippen LogP contribution in [0.1, 0.15) is 65.2 Å². The van der Waals surface area contributed by atoms with Crippen LogP contribution in [0.5, 0.6) is 0 Å². The maximum atomic E-state index is 15.1. The highest BCUT2D eigenvalue weighted by atomic mass is 19.1. The first-order valence-corrected chi connectivity index (χ1v) is 9.14. The Kier molecular flexibility index (Phi) is 3.18. The Labute approximate surface area is 137 Å². The van der Waals surface area contributed by atoms with Crippen molar-refractivity contribution in [1.82, 2.24) is 0 Å². The highest BCUT2D eigenvalue weighted by Crippen LogP contribution is 2.66. The lowest BCUT2D eigenvalue weighted by molar-refractivity contribution is -0.230. The van der Waals surface area contributed by atoms with Gasteiger partial charge in [-0.2, -0.15) is 0 Å². The molecular formula is C19H27FO3. The lowest BCUT2D eigenvalue weighted by Crippen LogP contribution is -2.67. The van der Waals surface area contributed by atoms with Gasteiger partial charge in [0.15, 0.2) is 0 Å². The Morgan fingerprint density at radius 3 is 2.57 bits per heavy atom. The van der Waals surface area contributed by atoms with E-state index in [4.69, 9.17) is 0 Å². The smallest absolute Gasteiger partial charge is 0.139 e. The zero-order valence-corrected chi connectivity index (χ0v) is 14.1. The lowest BCUT2D eigenvalue weighted by atomic mass is 9.43. The Hall–Kier alpha value is -0.770. The van der Waals surface area contributed by atoms with Crippen molar-refractivity contribution in [3.05, 3.63) is 0 Å². The summed E-state index contributed by atoms with van der Waals surface area (Å²) in [5.74, 6) is 1.00. The first-order valence-electron chi connectivity index (χ1n) is 9.14. The summed E-state index contributed by atoms with van der Waals surface area (Å²) in [5, 5.41) is 11.1. The molecular weight excluding hydrogens is 295 g/mol. The predicted molar refractivity (Wildman–Crippen MR) is 83.5 cm³/mol. The third-order valence-electron chi connectivity index (χ3n) is 8.34. The molecule has 4 fully saturated rings. The monoisotopic (exact) mass is 322 g/mol. The largest absolute Gasteiger partial charge is 0.386 e. The van der Waals surface area contributed by atoms with E-state index in [2.05, 4.69) is 6.92 Å². The van der Waals surface area contributed by atoms with Gasteiger partial charge in [0.25, 0.3) is 0 Å². The average molecular weight is 322 g/mol. The Morgan fingerprint density at radius 1 is 1.09 bits per heavy atom. The van der Waals surface area contributed by atoms with E-state index in [-0.39, 0.29) is 35.4 Å². The normalized spacial score (nSPS) is 56.0. The molecule has 4 aliphatic carbocycles. The molecule has 128 valence electrons. The van der Waals surface area contributed by atoms with Crippen LogP contribution in [-0.2, 0) is 9.59 Å². The number of ketones is 2. The maximum absolute atomic E-state index is 15.1. The molecule has 0 bridgehead atoms. The van der Waals surface area contributed by atoms with Crippen LogP contribution in [0.25, 0.3) is 0 Å². The summed E-state index contributed by atoms with van der Waals surface area (Å²) in [5.41, 5.74) is -2.31. The van der Waals surface area contributed by atoms with E-state index in [1.807, 2.05) is 6.92 Å². The molecule has 0 radical (unpaired) electrons. The zero-order valence-electron chi connectivity index (χ0n) is 14.1. The number of hydrogen-bond donors (Lipinski definition) is 1. The van der Waals surface area contributed by atoms with Crippen LogP contribution in [-0.4, -0.2) is 28.4 Å². The SMILES string of the molecule is C[C@]12CC[C@H]3[C@@H](C[C@@H](F)[C@@]4(O)CC(=O)CC[C@]34C)[C@@H]1CCC2=O. The second kappa shape index (κ2) is 4.65. The molecule has 4 heteroatoms. The number of halogens is 1. The summed E-state index contributed by atoms with van der Waals surface area (Å²) >= 11 is 0. The van der Waals surface area contributed by atoms with E-state index >= 15 is 4.39 Å². The van der Waals surface area contributed by atoms with Gasteiger partial charge in [-0.15, -0.1) is 0 Å². The highest BCUT2D eigenvalue weighted by Gasteiger charge is 2.67. The number of carbonyl (C=O) groups is 2. The number of rotatable bonds is 0. The average Bonchev–Trinajstić information content (AvgIpc) is 2.79. The van der Waals surface area contributed by atoms with E-state index in [9.17, 15) is 14.7 Å². The molecule has 0 saturated heterocycles. The van der Waals surface area contributed by atoms with E-state index in [0.29, 0.717) is 31.5 Å². The summed E-state index contributed by atoms with van der Waals surface area (Å²) in [6, 6.07) is 0. The predicted octanol–water partition coefficient (Wildman–Crippen LogP) is 3.23. The molecule has 4 rings (SSSR count). The van der Waals surface area contributed by atoms with Gasteiger partial charge in [-0.05, 0) is 49.9 Å². The zero-order chi connectivity index (χ0) is 16.6. The number of alkyl halides is 1. The third kappa shape index (κ3) is 1.79. The fourth-order valence-corrected chi connectivity index (χ4v) is 6.79. The Bertz CT molecular complexity index is 575. The lowest BCUT2D eigenvalue weighted by Gasteiger charge is -2.63. The van der Waals surface area contributed by atoms with Gasteiger partial charge >= 0.3 is 0 Å². The first-order chi connectivity index (χ1) is 10.7. The van der Waals surface area contributed by atoms with Crippen LogP contribution in [0.4, 0.5) is 4.39 Å². The van der Waals surface area contributed by atoms with Gasteiger partial charge in [0.1, 0.15) is 23.3 Å². The second-order valence-corrected chi connectivity index (χ2v) is 9.06. The minimum atomic E-state index is -1.50. The maximum Gasteiger partial charge on any atom is 0.139 e. The van der Waals surface area contributed by atoms with Crippen LogP contribution in [0.15, 0.2) is 0 Å². The molecule has 0 aromatic carbocycles. The molecule has 0 spiro atoms. The molecule has 0 unspecified atom stereocenters. The molecule has 7 atom stereocenters. The topological polar surface area (TPSA) is 54.4 Å². The standard InChI is InChI=1S/C19H27FO3/c1-17-7-6-14-12(13(17)3-4-16(17)22)9-15(20)19(23)10-11(21)5-8-18(14,19)2/h12-15,23H,3-10H2,1-2H3/t12-,13-,14-,15+,17-,18+,19-/m0/s1. The van der Waals surface area contributed by atoms with Gasteiger partial charge in [0.2, 0.25) is 0 Å². The van der Waals surface area contributed by atoms with E-state index < -0.39 is 17.2 Å². The van der Waals surface area contributed by atoms with E-state index in [1.54, 1.807) is 0 Å². The molecule has 0 aromatic rings. The van der Waals surface area contributed by atoms with Crippen molar-refractivity contribution in [3.63, 3.8) is 0 Å². The van der Waals surface area contributed by atoms with E-state index in [1.165, 1.54) is 0 Å². The number of Topliss-reactive ketones (excluding diaryl/α,β-unsaturated/α-hetero) is 2. The number of hydrogen-bond acceptors (Lipinski definition) is 3. The van der Waals surface area contributed by atoms with Gasteiger partial charge in [-0.25, -0.2) is 4.39 Å². The molecule has 0 heterocycles. The fourth-order valence-electron chi connectivity index (χ4n) is 6.79. The van der Waals surface area contributed by atoms with Crippen molar-refractivity contribution in [2.45, 2.75) is 77.0 Å². The minimum absolute atomic E-state index is 0.0113. The summed E-state index contributed by atoms with van der Waals surface area (Å²) in [4.78, 5) is 24.2. The summed E-state index contributed by atoms with van der Waals surface area (Å²) in [7, 11) is 0. The summed E-state index contributed by atoms with van der Waals surface area (Å²) < 4.78 is 15.1. The van der Waals surface area contributed by atoms with Gasteiger partial charge < -0.3 is 5.11 Å². The van der Waals surface area contributed by atoms with Crippen LogP contribution < -0.4 is 0 Å². The number of carbonyl (C=O) groups excluding carboxylic acids is 2. The van der Waals surface area contributed by atoms with Crippen molar-refractivity contribution in [1.29, 1.82) is 0 Å². The Morgan fingerprint density at radius 2 is 1.83 bits per heavy atom. The first kappa shape index (κ1) is 15.7. The third-order valence-corrected chi connectivity index (χ3v) is 8.34. The molecule has 0 aliphatic heterocycles. The van der Waals surface area contributed by atoms with Crippen molar-refractivity contribution in [3.8, 4) is 0 Å². The minimum Gasteiger partial charge on any atom is -0.386 e. The molecule has 4 saturated carbocycles. The highest BCUT2D eigenvalue weighted by molar-refractivity contribution is 5.87. The van der Waals surface area contributed by atoms with E-state index in [0.717, 1.165) is 19.3 Å². The van der Waals surface area contributed by atoms with Gasteiger partial charge in [0.05, 0.1) is 0 Å². The van der Waals surface area contributed by atoms with Crippen molar-refractivity contribution in [2.75, 3.05) is 0 Å². The molecule has 0 amide bonds. The van der Waals surface area contributed by atoms with Crippen LogP contribution >= 0.6 is 0 Å². The van der Waals surface area contributed by atoms with Crippen molar-refractivity contribution < 1.29 is 19.1 Å². The second-order valence-electron chi connectivity index (χ2n) is 9.06. The quantitative estimate of drug-likeness (QED) is 0.745. The number of aliphatic hydroxyl groups is 1. The van der Waals surface area contributed by atoms with Crippen LogP contribution in [0, 0.1) is 28.6 Å². The van der Waals surface area contributed by atoms with Crippen LogP contribution in [0.2, 0.25) is 0 Å². The summed E-state index contributed by atoms with van der Waals surface area (Å²) in [6.45, 7) is 4.08. The van der Waals surface area contributed by atoms with Gasteiger partial charge in [-0.3, -0.25) is 9.59 Å². The molecule has 3 nitrogen and oxygen atoms in total. The number of fused-ring (bicyclic) bond motifs is 5. The molecule has 0 aromatic heterocycles. The van der Waals surface area contributed by atoms with Gasteiger partial charge in [-0.1, -0.05) is 13.8 Å². The molecule has 1 N–H and O–H groups in total. The van der Waals surface area contributed by atoms with Gasteiger partial charge in [0, 0.05) is 30.1 Å². The van der Waals surface area contributed by atoms with Crippen LogP contribution in [0.3, 0.4) is 0 Å². The Balaban J connectivity index is 1.74. The molecule has 4 aliphatic rings. The van der Waals surface area contributed by atoms with Crippen molar-refractivity contribution in [2.24, 2.45) is 28.6 Å².